The van der Waals surface area contributed by atoms with E-state index in [2.05, 4.69) is 4.98 Å². The lowest BCUT2D eigenvalue weighted by atomic mass is 10.4. The van der Waals surface area contributed by atoms with Crippen molar-refractivity contribution in [2.45, 2.75) is 36.0 Å². The maximum atomic E-state index is 5.83. The third-order valence-electron chi connectivity index (χ3n) is 2.38. The number of anilines is 1. The Morgan fingerprint density at radius 1 is 1.36 bits per heavy atom. The number of hydrogen-bond donors (Lipinski definition) is 1. The van der Waals surface area contributed by atoms with Crippen molar-refractivity contribution in [2.75, 3.05) is 5.73 Å². The molecule has 1 saturated carbocycles. The second-order valence-electron chi connectivity index (χ2n) is 3.59. The second-order valence-corrected chi connectivity index (χ2v) is 5.29. The average Bonchev–Trinajstić information content (AvgIpc) is 2.54. The van der Waals surface area contributed by atoms with Gasteiger partial charge in [-0.1, -0.05) is 24.4 Å². The van der Waals surface area contributed by atoms with E-state index in [1.54, 1.807) is 17.8 Å². The van der Waals surface area contributed by atoms with Crippen LogP contribution in [0.4, 0.5) is 5.69 Å². The number of aromatic nitrogens is 1. The van der Waals surface area contributed by atoms with Gasteiger partial charge in [0.1, 0.15) is 10.2 Å². The molecule has 1 aromatic heterocycles. The van der Waals surface area contributed by atoms with Crippen molar-refractivity contribution in [1.82, 2.24) is 4.98 Å². The molecule has 14 heavy (non-hydrogen) atoms. The molecule has 1 aliphatic carbocycles. The summed E-state index contributed by atoms with van der Waals surface area (Å²) in [5.41, 5.74) is 6.40. The lowest BCUT2D eigenvalue weighted by Crippen LogP contribution is -1.96. The normalized spacial score (nSPS) is 17.5. The molecule has 2 N–H and O–H groups in total. The van der Waals surface area contributed by atoms with Crippen LogP contribution in [0, 0.1) is 0 Å². The van der Waals surface area contributed by atoms with Crippen LogP contribution >= 0.6 is 23.4 Å². The fraction of sp³-hybridized carbons (Fsp3) is 0.500. The van der Waals surface area contributed by atoms with Gasteiger partial charge in [0.25, 0.3) is 0 Å². The number of pyridine rings is 1. The molecule has 0 atom stereocenters. The van der Waals surface area contributed by atoms with Crippen molar-refractivity contribution in [1.29, 1.82) is 0 Å². The number of nitrogens with zero attached hydrogens (tertiary/aromatic N) is 1. The van der Waals surface area contributed by atoms with Crippen LogP contribution in [0.15, 0.2) is 17.2 Å². The van der Waals surface area contributed by atoms with Crippen molar-refractivity contribution in [3.8, 4) is 0 Å². The molecule has 0 aliphatic heterocycles. The molecule has 0 radical (unpaired) electrons. The van der Waals surface area contributed by atoms with Crippen molar-refractivity contribution in [3.05, 3.63) is 17.3 Å². The molecule has 1 aromatic rings. The molecular formula is C10H13ClN2S. The summed E-state index contributed by atoms with van der Waals surface area (Å²) >= 11 is 7.64. The molecule has 2 rings (SSSR count). The maximum absolute atomic E-state index is 5.83. The Morgan fingerprint density at radius 3 is 2.71 bits per heavy atom. The number of thioether (sulfide) groups is 1. The highest BCUT2D eigenvalue weighted by atomic mass is 35.5. The third-order valence-corrected chi connectivity index (χ3v) is 3.83. The minimum absolute atomic E-state index is 0.491. The minimum atomic E-state index is 0.491. The zero-order valence-corrected chi connectivity index (χ0v) is 9.44. The van der Waals surface area contributed by atoms with E-state index in [0.29, 0.717) is 16.1 Å². The van der Waals surface area contributed by atoms with Gasteiger partial charge in [-0.3, -0.25) is 0 Å². The zero-order chi connectivity index (χ0) is 9.97. The van der Waals surface area contributed by atoms with Gasteiger partial charge < -0.3 is 5.73 Å². The second kappa shape index (κ2) is 4.41. The van der Waals surface area contributed by atoms with E-state index in [1.165, 1.54) is 25.7 Å². The number of nitrogen functional groups attached to an aromatic ring is 1. The monoisotopic (exact) mass is 228 g/mol. The van der Waals surface area contributed by atoms with Crippen molar-refractivity contribution in [3.63, 3.8) is 0 Å². The zero-order valence-electron chi connectivity index (χ0n) is 7.87. The molecule has 1 fully saturated rings. The van der Waals surface area contributed by atoms with Crippen molar-refractivity contribution in [2.24, 2.45) is 0 Å². The molecule has 76 valence electrons. The van der Waals surface area contributed by atoms with Gasteiger partial charge >= 0.3 is 0 Å². The van der Waals surface area contributed by atoms with Gasteiger partial charge in [-0.05, 0) is 25.0 Å². The smallest absolute Gasteiger partial charge is 0.132 e. The predicted octanol–water partition coefficient (Wildman–Crippen LogP) is 3.35. The van der Waals surface area contributed by atoms with E-state index in [1.807, 2.05) is 6.07 Å². The van der Waals surface area contributed by atoms with Gasteiger partial charge in [0, 0.05) is 10.9 Å². The molecule has 0 saturated heterocycles. The first-order valence-corrected chi connectivity index (χ1v) is 6.09. The Balaban J connectivity index is 2.07. The summed E-state index contributed by atoms with van der Waals surface area (Å²) in [6, 6.07) is 3.58. The van der Waals surface area contributed by atoms with Crippen molar-refractivity contribution >= 4 is 29.1 Å². The van der Waals surface area contributed by atoms with E-state index in [4.69, 9.17) is 17.3 Å². The Labute approximate surface area is 93.2 Å². The average molecular weight is 229 g/mol. The molecule has 0 unspecified atom stereocenters. The minimum Gasteiger partial charge on any atom is -0.399 e. The molecule has 0 aromatic carbocycles. The first-order valence-electron chi connectivity index (χ1n) is 4.84. The van der Waals surface area contributed by atoms with E-state index in [9.17, 15) is 0 Å². The third kappa shape index (κ3) is 2.55. The van der Waals surface area contributed by atoms with Gasteiger partial charge in [-0.25, -0.2) is 4.98 Å². The Morgan fingerprint density at radius 2 is 2.07 bits per heavy atom. The topological polar surface area (TPSA) is 38.9 Å². The van der Waals surface area contributed by atoms with E-state index in [0.717, 1.165) is 5.03 Å². The largest absolute Gasteiger partial charge is 0.399 e. The van der Waals surface area contributed by atoms with Crippen LogP contribution < -0.4 is 5.73 Å². The summed E-state index contributed by atoms with van der Waals surface area (Å²) in [7, 11) is 0. The summed E-state index contributed by atoms with van der Waals surface area (Å²) in [6.45, 7) is 0. The number of hydrogen-bond acceptors (Lipinski definition) is 3. The van der Waals surface area contributed by atoms with Gasteiger partial charge in [0.2, 0.25) is 0 Å². The first kappa shape index (κ1) is 10.1. The lowest BCUT2D eigenvalue weighted by Gasteiger charge is -2.08. The molecule has 4 heteroatoms. The Hall–Kier alpha value is -0.410. The Kier molecular flexibility index (Phi) is 3.19. The number of nitrogens with two attached hydrogens (primary N) is 1. The van der Waals surface area contributed by atoms with Crippen LogP contribution in [0.1, 0.15) is 25.7 Å². The van der Waals surface area contributed by atoms with Crippen LogP contribution in [-0.2, 0) is 0 Å². The first-order chi connectivity index (χ1) is 6.74. The molecule has 0 spiro atoms. The molecule has 2 nitrogen and oxygen atoms in total. The fourth-order valence-electron chi connectivity index (χ4n) is 1.73. The summed E-state index contributed by atoms with van der Waals surface area (Å²) in [4.78, 5) is 4.25. The van der Waals surface area contributed by atoms with Crippen LogP contribution in [0.3, 0.4) is 0 Å². The number of halogens is 1. The molecular weight excluding hydrogens is 216 g/mol. The van der Waals surface area contributed by atoms with Crippen LogP contribution in [0.2, 0.25) is 5.15 Å². The van der Waals surface area contributed by atoms with Crippen LogP contribution in [-0.4, -0.2) is 10.2 Å². The number of rotatable bonds is 2. The Bertz CT molecular complexity index is 304. The molecule has 0 amide bonds. The standard InChI is InChI=1S/C10H13ClN2S/c11-9-5-7(12)6-10(13-9)14-8-3-1-2-4-8/h5-6,8H,1-4H2,(H2,12,13). The fourth-order valence-corrected chi connectivity index (χ4v) is 3.26. The SMILES string of the molecule is Nc1cc(Cl)nc(SC2CCCC2)c1. The molecule has 1 heterocycles. The van der Waals surface area contributed by atoms with Gasteiger partial charge in [-0.15, -0.1) is 11.8 Å². The summed E-state index contributed by atoms with van der Waals surface area (Å²) in [6.07, 6.45) is 5.26. The van der Waals surface area contributed by atoms with Crippen LogP contribution in [0.25, 0.3) is 0 Å². The van der Waals surface area contributed by atoms with Gasteiger partial charge in [0.15, 0.2) is 0 Å². The van der Waals surface area contributed by atoms with E-state index in [-0.39, 0.29) is 0 Å². The maximum Gasteiger partial charge on any atom is 0.132 e. The highest BCUT2D eigenvalue weighted by Gasteiger charge is 2.16. The van der Waals surface area contributed by atoms with E-state index >= 15 is 0 Å². The van der Waals surface area contributed by atoms with Crippen molar-refractivity contribution < 1.29 is 0 Å². The lowest BCUT2D eigenvalue weighted by molar-refractivity contribution is 0.886. The highest BCUT2D eigenvalue weighted by molar-refractivity contribution is 7.99. The quantitative estimate of drug-likeness (QED) is 0.789. The van der Waals surface area contributed by atoms with Gasteiger partial charge in [0.05, 0.1) is 0 Å². The summed E-state index contributed by atoms with van der Waals surface area (Å²) in [5, 5.41) is 2.16. The van der Waals surface area contributed by atoms with Crippen LogP contribution in [0.5, 0.6) is 0 Å². The van der Waals surface area contributed by atoms with E-state index < -0.39 is 0 Å². The summed E-state index contributed by atoms with van der Waals surface area (Å²) in [5.74, 6) is 0. The summed E-state index contributed by atoms with van der Waals surface area (Å²) < 4.78 is 0. The molecule has 1 aliphatic rings. The van der Waals surface area contributed by atoms with Gasteiger partial charge in [-0.2, -0.15) is 0 Å². The molecule has 0 bridgehead atoms. The predicted molar refractivity (Wildman–Crippen MR) is 61.8 cm³/mol. The highest BCUT2D eigenvalue weighted by Crippen LogP contribution is 2.34.